The Morgan fingerprint density at radius 3 is 2.73 bits per heavy atom. The Bertz CT molecular complexity index is 741. The van der Waals surface area contributed by atoms with Gasteiger partial charge in [0, 0.05) is 12.8 Å². The summed E-state index contributed by atoms with van der Waals surface area (Å²) in [6.45, 7) is 0. The molecule has 1 aromatic carbocycles. The molecule has 1 N–H and O–H groups in total. The van der Waals surface area contributed by atoms with Gasteiger partial charge in [-0.05, 0) is 29.8 Å². The molecule has 0 amide bonds. The average Bonchev–Trinajstić information content (AvgIpc) is 3.15. The summed E-state index contributed by atoms with van der Waals surface area (Å²) in [5.74, 6) is 1.35. The highest BCUT2D eigenvalue weighted by Crippen LogP contribution is 2.26. The number of hydrogen-bond acceptors (Lipinski definition) is 5. The minimum atomic E-state index is -0.700. The van der Waals surface area contributed by atoms with Crippen LogP contribution in [0.15, 0.2) is 52.2 Å². The molecule has 7 heteroatoms. The normalized spacial score (nSPS) is 12.5. The first-order valence-corrected chi connectivity index (χ1v) is 7.63. The molecular weight excluding hydrogens is 305 g/mol. The molecule has 2 heterocycles. The molecule has 3 rings (SSSR count). The second kappa shape index (κ2) is 6.33. The van der Waals surface area contributed by atoms with Gasteiger partial charge in [-0.2, -0.15) is 0 Å². The fraction of sp³-hybridized carbons (Fsp3) is 0.200. The Kier molecular flexibility index (Phi) is 4.26. The number of benzene rings is 1. The third kappa shape index (κ3) is 3.05. The number of furan rings is 1. The van der Waals surface area contributed by atoms with Crippen LogP contribution in [-0.4, -0.2) is 25.6 Å². The van der Waals surface area contributed by atoms with Crippen molar-refractivity contribution in [2.75, 3.05) is 5.75 Å². The molecule has 0 aliphatic rings. The first kappa shape index (κ1) is 14.8. The van der Waals surface area contributed by atoms with Gasteiger partial charge in [0.15, 0.2) is 16.7 Å². The topological polar surface area (TPSA) is 64.1 Å². The van der Waals surface area contributed by atoms with Crippen LogP contribution in [0.25, 0.3) is 11.6 Å². The molecule has 0 saturated carbocycles. The zero-order chi connectivity index (χ0) is 15.5. The van der Waals surface area contributed by atoms with Crippen LogP contribution in [0, 0.1) is 5.82 Å². The van der Waals surface area contributed by atoms with Gasteiger partial charge in [0.25, 0.3) is 0 Å². The number of hydrogen-bond donors (Lipinski definition) is 1. The van der Waals surface area contributed by atoms with Crippen molar-refractivity contribution in [2.45, 2.75) is 11.3 Å². The number of aliphatic hydroxyl groups excluding tert-OH is 1. The van der Waals surface area contributed by atoms with Gasteiger partial charge in [0.2, 0.25) is 0 Å². The first-order chi connectivity index (χ1) is 10.6. The summed E-state index contributed by atoms with van der Waals surface area (Å²) in [4.78, 5) is 0. The Hall–Kier alpha value is -2.12. The van der Waals surface area contributed by atoms with Crippen molar-refractivity contribution < 1.29 is 13.9 Å². The van der Waals surface area contributed by atoms with Crippen molar-refractivity contribution in [1.82, 2.24) is 14.8 Å². The lowest BCUT2D eigenvalue weighted by atomic mass is 10.1. The molecule has 0 spiro atoms. The van der Waals surface area contributed by atoms with Crippen LogP contribution in [-0.2, 0) is 7.05 Å². The summed E-state index contributed by atoms with van der Waals surface area (Å²) >= 11 is 1.38. The van der Waals surface area contributed by atoms with Crippen molar-refractivity contribution in [3.05, 3.63) is 54.0 Å². The highest BCUT2D eigenvalue weighted by atomic mass is 32.2. The molecule has 22 heavy (non-hydrogen) atoms. The summed E-state index contributed by atoms with van der Waals surface area (Å²) in [5.41, 5.74) is 0.669. The van der Waals surface area contributed by atoms with Crippen LogP contribution >= 0.6 is 11.8 Å². The summed E-state index contributed by atoms with van der Waals surface area (Å²) in [6, 6.07) is 9.42. The molecule has 0 saturated heterocycles. The maximum Gasteiger partial charge on any atom is 0.200 e. The van der Waals surface area contributed by atoms with E-state index < -0.39 is 6.10 Å². The van der Waals surface area contributed by atoms with Gasteiger partial charge in [0.05, 0.1) is 12.4 Å². The maximum absolute atomic E-state index is 12.9. The van der Waals surface area contributed by atoms with Crippen molar-refractivity contribution in [1.29, 1.82) is 0 Å². The van der Waals surface area contributed by atoms with E-state index in [0.717, 1.165) is 0 Å². The van der Waals surface area contributed by atoms with Crippen molar-refractivity contribution >= 4 is 11.8 Å². The Morgan fingerprint density at radius 2 is 2.05 bits per heavy atom. The first-order valence-electron chi connectivity index (χ1n) is 6.65. The maximum atomic E-state index is 12.9. The zero-order valence-corrected chi connectivity index (χ0v) is 12.6. The molecule has 1 unspecified atom stereocenters. The SMILES string of the molecule is Cn1c(SCC(O)c2ccc(F)cc2)nnc1-c1ccco1. The number of rotatable bonds is 5. The molecule has 3 aromatic rings. The molecule has 0 radical (unpaired) electrons. The molecule has 1 atom stereocenters. The van der Waals surface area contributed by atoms with Crippen molar-refractivity contribution in [3.8, 4) is 11.6 Å². The van der Waals surface area contributed by atoms with Crippen LogP contribution in [0.3, 0.4) is 0 Å². The Balaban J connectivity index is 1.68. The quantitative estimate of drug-likeness (QED) is 0.732. The molecule has 0 aliphatic heterocycles. The zero-order valence-electron chi connectivity index (χ0n) is 11.8. The van der Waals surface area contributed by atoms with E-state index in [1.165, 1.54) is 23.9 Å². The Morgan fingerprint density at radius 1 is 1.27 bits per heavy atom. The van der Waals surface area contributed by atoms with Crippen LogP contribution < -0.4 is 0 Å². The lowest BCUT2D eigenvalue weighted by Crippen LogP contribution is -2.02. The predicted molar refractivity (Wildman–Crippen MR) is 80.8 cm³/mol. The number of aliphatic hydroxyl groups is 1. The third-order valence-electron chi connectivity index (χ3n) is 3.20. The van der Waals surface area contributed by atoms with Gasteiger partial charge < -0.3 is 14.1 Å². The molecule has 114 valence electrons. The second-order valence-electron chi connectivity index (χ2n) is 4.72. The van der Waals surface area contributed by atoms with Gasteiger partial charge in [-0.15, -0.1) is 10.2 Å². The summed E-state index contributed by atoms with van der Waals surface area (Å²) < 4.78 is 20.0. The summed E-state index contributed by atoms with van der Waals surface area (Å²) in [5, 5.41) is 19.0. The van der Waals surface area contributed by atoms with Crippen LogP contribution in [0.5, 0.6) is 0 Å². The largest absolute Gasteiger partial charge is 0.461 e. The number of aromatic nitrogens is 3. The van der Waals surface area contributed by atoms with E-state index in [1.54, 1.807) is 29.0 Å². The average molecular weight is 319 g/mol. The highest BCUT2D eigenvalue weighted by molar-refractivity contribution is 7.99. The van der Waals surface area contributed by atoms with E-state index in [-0.39, 0.29) is 5.82 Å². The third-order valence-corrected chi connectivity index (χ3v) is 4.30. The van der Waals surface area contributed by atoms with Gasteiger partial charge in [-0.1, -0.05) is 23.9 Å². The molecule has 0 aliphatic carbocycles. The van der Waals surface area contributed by atoms with E-state index >= 15 is 0 Å². The van der Waals surface area contributed by atoms with E-state index in [9.17, 15) is 9.50 Å². The van der Waals surface area contributed by atoms with Gasteiger partial charge >= 0.3 is 0 Å². The fourth-order valence-corrected chi connectivity index (χ4v) is 2.87. The predicted octanol–water partition coefficient (Wildman–Crippen LogP) is 3.04. The standard InChI is InChI=1S/C15H14FN3O2S/c1-19-14(13-3-2-8-21-13)17-18-15(19)22-9-12(20)10-4-6-11(16)7-5-10/h2-8,12,20H,9H2,1H3. The fourth-order valence-electron chi connectivity index (χ4n) is 2.00. The monoisotopic (exact) mass is 319 g/mol. The van der Waals surface area contributed by atoms with E-state index in [0.29, 0.717) is 28.1 Å². The van der Waals surface area contributed by atoms with E-state index in [2.05, 4.69) is 10.2 Å². The Labute approximate surface area is 130 Å². The smallest absolute Gasteiger partial charge is 0.200 e. The minimum absolute atomic E-state index is 0.319. The van der Waals surface area contributed by atoms with Gasteiger partial charge in [-0.25, -0.2) is 4.39 Å². The van der Waals surface area contributed by atoms with E-state index in [1.807, 2.05) is 13.1 Å². The molecule has 0 fully saturated rings. The summed E-state index contributed by atoms with van der Waals surface area (Å²) in [6.07, 6.45) is 0.879. The van der Waals surface area contributed by atoms with E-state index in [4.69, 9.17) is 4.42 Å². The number of thioether (sulfide) groups is 1. The highest BCUT2D eigenvalue weighted by Gasteiger charge is 2.15. The molecule has 2 aromatic heterocycles. The molecular formula is C15H14FN3O2S. The van der Waals surface area contributed by atoms with Crippen molar-refractivity contribution in [2.24, 2.45) is 7.05 Å². The second-order valence-corrected chi connectivity index (χ2v) is 5.71. The van der Waals surface area contributed by atoms with Crippen molar-refractivity contribution in [3.63, 3.8) is 0 Å². The summed E-state index contributed by atoms with van der Waals surface area (Å²) in [7, 11) is 1.84. The number of nitrogens with zero attached hydrogens (tertiary/aromatic N) is 3. The van der Waals surface area contributed by atoms with Gasteiger partial charge in [-0.3, -0.25) is 0 Å². The van der Waals surface area contributed by atoms with Crippen LogP contribution in [0.2, 0.25) is 0 Å². The molecule has 5 nitrogen and oxygen atoms in total. The number of halogens is 1. The van der Waals surface area contributed by atoms with Crippen LogP contribution in [0.1, 0.15) is 11.7 Å². The van der Waals surface area contributed by atoms with Crippen LogP contribution in [0.4, 0.5) is 4.39 Å². The minimum Gasteiger partial charge on any atom is -0.461 e. The molecule has 0 bridgehead atoms. The lowest BCUT2D eigenvalue weighted by Gasteiger charge is -2.10. The lowest BCUT2D eigenvalue weighted by molar-refractivity contribution is 0.204. The van der Waals surface area contributed by atoms with Gasteiger partial charge in [0.1, 0.15) is 5.82 Å².